The second kappa shape index (κ2) is 8.97. The van der Waals surface area contributed by atoms with E-state index >= 15 is 0 Å². The second-order valence-electron chi connectivity index (χ2n) is 8.03. The SMILES string of the molecule is CN1CCN(c2ncccc2CNC(=O)C2CC(=O)N(c3cc(F)cc(F)c3)C2)CC1. The topological polar surface area (TPSA) is 68.8 Å². The Bertz CT molecular complexity index is 958. The van der Waals surface area contributed by atoms with Crippen LogP contribution in [0.2, 0.25) is 0 Å². The molecule has 1 atom stereocenters. The average molecular weight is 429 g/mol. The lowest BCUT2D eigenvalue weighted by Gasteiger charge is -2.34. The van der Waals surface area contributed by atoms with Crippen LogP contribution in [0.4, 0.5) is 20.3 Å². The Kier molecular flexibility index (Phi) is 6.13. The van der Waals surface area contributed by atoms with Crippen molar-refractivity contribution in [1.82, 2.24) is 15.2 Å². The smallest absolute Gasteiger partial charge is 0.227 e. The van der Waals surface area contributed by atoms with Crippen LogP contribution in [0.1, 0.15) is 12.0 Å². The van der Waals surface area contributed by atoms with Gasteiger partial charge in [-0.2, -0.15) is 0 Å². The van der Waals surface area contributed by atoms with Gasteiger partial charge in [0.25, 0.3) is 0 Å². The molecule has 1 unspecified atom stereocenters. The van der Waals surface area contributed by atoms with E-state index < -0.39 is 17.6 Å². The highest BCUT2D eigenvalue weighted by Crippen LogP contribution is 2.27. The second-order valence-corrected chi connectivity index (χ2v) is 8.03. The van der Waals surface area contributed by atoms with Crippen molar-refractivity contribution in [3.05, 3.63) is 53.7 Å². The minimum atomic E-state index is -0.760. The third-order valence-corrected chi connectivity index (χ3v) is 5.78. The Morgan fingerprint density at radius 1 is 1.16 bits per heavy atom. The fourth-order valence-electron chi connectivity index (χ4n) is 4.03. The van der Waals surface area contributed by atoms with Gasteiger partial charge in [-0.05, 0) is 25.2 Å². The molecule has 3 heterocycles. The predicted molar refractivity (Wildman–Crippen MR) is 113 cm³/mol. The summed E-state index contributed by atoms with van der Waals surface area (Å²) in [5.41, 5.74) is 1.04. The zero-order valence-electron chi connectivity index (χ0n) is 17.4. The first kappa shape index (κ1) is 21.2. The molecular formula is C22H25F2N5O2. The number of carbonyl (C=O) groups excluding carboxylic acids is 2. The van der Waals surface area contributed by atoms with E-state index in [1.54, 1.807) is 6.20 Å². The van der Waals surface area contributed by atoms with Gasteiger partial charge in [-0.15, -0.1) is 0 Å². The fourth-order valence-corrected chi connectivity index (χ4v) is 4.03. The van der Waals surface area contributed by atoms with Gasteiger partial charge in [-0.1, -0.05) is 6.07 Å². The Labute approximate surface area is 179 Å². The largest absolute Gasteiger partial charge is 0.354 e. The summed E-state index contributed by atoms with van der Waals surface area (Å²) in [5, 5.41) is 2.90. The summed E-state index contributed by atoms with van der Waals surface area (Å²) in [7, 11) is 2.08. The van der Waals surface area contributed by atoms with Crippen LogP contribution in [0.25, 0.3) is 0 Å². The molecule has 2 amide bonds. The monoisotopic (exact) mass is 429 g/mol. The fraction of sp³-hybridized carbons (Fsp3) is 0.409. The summed E-state index contributed by atoms with van der Waals surface area (Å²) >= 11 is 0. The number of hydrogen-bond donors (Lipinski definition) is 1. The number of hydrogen-bond acceptors (Lipinski definition) is 5. The number of piperazine rings is 1. The minimum Gasteiger partial charge on any atom is -0.354 e. The molecule has 0 radical (unpaired) electrons. The molecule has 0 saturated carbocycles. The number of anilines is 2. The highest BCUT2D eigenvalue weighted by molar-refractivity contribution is 6.00. The number of halogens is 2. The first-order chi connectivity index (χ1) is 14.9. The van der Waals surface area contributed by atoms with Crippen LogP contribution in [-0.2, 0) is 16.1 Å². The lowest BCUT2D eigenvalue weighted by Crippen LogP contribution is -2.45. The van der Waals surface area contributed by atoms with Gasteiger partial charge < -0.3 is 20.0 Å². The molecule has 2 aromatic rings. The molecule has 2 aliphatic heterocycles. The Morgan fingerprint density at radius 3 is 2.58 bits per heavy atom. The maximum atomic E-state index is 13.5. The van der Waals surface area contributed by atoms with Crippen molar-refractivity contribution in [1.29, 1.82) is 0 Å². The van der Waals surface area contributed by atoms with Gasteiger partial charge in [0.05, 0.1) is 5.92 Å². The van der Waals surface area contributed by atoms with E-state index in [9.17, 15) is 18.4 Å². The molecule has 1 aromatic carbocycles. The van der Waals surface area contributed by atoms with Crippen LogP contribution in [-0.4, -0.2) is 61.5 Å². The molecular weight excluding hydrogens is 404 g/mol. The van der Waals surface area contributed by atoms with E-state index in [1.165, 1.54) is 4.90 Å². The van der Waals surface area contributed by atoms with Crippen molar-refractivity contribution in [2.45, 2.75) is 13.0 Å². The molecule has 4 rings (SSSR count). The van der Waals surface area contributed by atoms with Crippen LogP contribution < -0.4 is 15.1 Å². The maximum absolute atomic E-state index is 13.5. The van der Waals surface area contributed by atoms with Crippen LogP contribution in [0.3, 0.4) is 0 Å². The number of carbonyl (C=O) groups is 2. The average Bonchev–Trinajstić information content (AvgIpc) is 3.14. The van der Waals surface area contributed by atoms with E-state index in [0.717, 1.165) is 55.8 Å². The highest BCUT2D eigenvalue weighted by atomic mass is 19.1. The number of amides is 2. The Balaban J connectivity index is 1.39. The molecule has 9 heteroatoms. The molecule has 0 bridgehead atoms. The third-order valence-electron chi connectivity index (χ3n) is 5.78. The van der Waals surface area contributed by atoms with Crippen molar-refractivity contribution in [2.24, 2.45) is 5.92 Å². The summed E-state index contributed by atoms with van der Waals surface area (Å²) in [4.78, 5) is 35.3. The first-order valence-electron chi connectivity index (χ1n) is 10.3. The predicted octanol–water partition coefficient (Wildman–Crippen LogP) is 1.78. The van der Waals surface area contributed by atoms with Gasteiger partial charge in [-0.25, -0.2) is 13.8 Å². The van der Waals surface area contributed by atoms with Crippen molar-refractivity contribution in [3.63, 3.8) is 0 Å². The molecule has 0 aliphatic carbocycles. The van der Waals surface area contributed by atoms with Gasteiger partial charge in [-0.3, -0.25) is 9.59 Å². The lowest BCUT2D eigenvalue weighted by atomic mass is 10.1. The normalized spacial score (nSPS) is 19.7. The van der Waals surface area contributed by atoms with E-state index in [-0.39, 0.29) is 30.5 Å². The van der Waals surface area contributed by atoms with Crippen molar-refractivity contribution >= 4 is 23.3 Å². The quantitative estimate of drug-likeness (QED) is 0.785. The van der Waals surface area contributed by atoms with E-state index in [0.29, 0.717) is 6.54 Å². The van der Waals surface area contributed by atoms with E-state index in [2.05, 4.69) is 27.1 Å². The molecule has 2 fully saturated rings. The van der Waals surface area contributed by atoms with Gasteiger partial charge in [0.1, 0.15) is 17.5 Å². The summed E-state index contributed by atoms with van der Waals surface area (Å²) in [6.45, 7) is 4.02. The van der Waals surface area contributed by atoms with Crippen molar-refractivity contribution in [2.75, 3.05) is 49.6 Å². The number of likely N-dealkylation sites (N-methyl/N-ethyl adjacent to an activating group) is 1. The van der Waals surface area contributed by atoms with Crippen LogP contribution in [0, 0.1) is 17.6 Å². The zero-order valence-corrected chi connectivity index (χ0v) is 17.4. The molecule has 1 N–H and O–H groups in total. The number of rotatable bonds is 5. The first-order valence-corrected chi connectivity index (χ1v) is 10.3. The summed E-state index contributed by atoms with van der Waals surface area (Å²) in [6, 6.07) is 6.71. The van der Waals surface area contributed by atoms with Crippen LogP contribution in [0.15, 0.2) is 36.5 Å². The number of aromatic nitrogens is 1. The van der Waals surface area contributed by atoms with Crippen LogP contribution in [0.5, 0.6) is 0 Å². The van der Waals surface area contributed by atoms with Crippen molar-refractivity contribution < 1.29 is 18.4 Å². The number of pyridine rings is 1. The van der Waals surface area contributed by atoms with Gasteiger partial charge in [0.2, 0.25) is 11.8 Å². The molecule has 7 nitrogen and oxygen atoms in total. The van der Waals surface area contributed by atoms with Gasteiger partial charge in [0.15, 0.2) is 0 Å². The maximum Gasteiger partial charge on any atom is 0.227 e. The lowest BCUT2D eigenvalue weighted by molar-refractivity contribution is -0.126. The molecule has 0 spiro atoms. The zero-order chi connectivity index (χ0) is 22.0. The van der Waals surface area contributed by atoms with Gasteiger partial charge >= 0.3 is 0 Å². The minimum absolute atomic E-state index is 0.00230. The molecule has 2 aliphatic rings. The standard InChI is InChI=1S/C22H25F2N5O2/c1-27-5-7-28(8-6-27)21-15(3-2-4-25-21)13-26-22(31)16-9-20(30)29(14-16)19-11-17(23)10-18(24)12-19/h2-4,10-12,16H,5-9,13-14H2,1H3,(H,26,31). The highest BCUT2D eigenvalue weighted by Gasteiger charge is 2.35. The third kappa shape index (κ3) is 4.82. The Morgan fingerprint density at radius 2 is 1.87 bits per heavy atom. The van der Waals surface area contributed by atoms with Crippen LogP contribution >= 0.6 is 0 Å². The molecule has 164 valence electrons. The number of nitrogens with one attached hydrogen (secondary N) is 1. The summed E-state index contributed by atoms with van der Waals surface area (Å²) < 4.78 is 27.0. The number of nitrogens with zero attached hydrogens (tertiary/aromatic N) is 4. The molecule has 1 aromatic heterocycles. The molecule has 2 saturated heterocycles. The van der Waals surface area contributed by atoms with E-state index in [4.69, 9.17) is 0 Å². The van der Waals surface area contributed by atoms with E-state index in [1.807, 2.05) is 12.1 Å². The van der Waals surface area contributed by atoms with Gasteiger partial charge in [0, 0.05) is 69.2 Å². The van der Waals surface area contributed by atoms with Crippen molar-refractivity contribution in [3.8, 4) is 0 Å². The Hall–Kier alpha value is -3.07. The number of benzene rings is 1. The molecule has 31 heavy (non-hydrogen) atoms. The summed E-state index contributed by atoms with van der Waals surface area (Å²) in [6.07, 6.45) is 1.74. The summed E-state index contributed by atoms with van der Waals surface area (Å²) in [5.74, 6) is -1.84.